The molecule has 0 radical (unpaired) electrons. The molecular weight excluding hydrogens is 566 g/mol. The van der Waals surface area contributed by atoms with Crippen LogP contribution in [0, 0.1) is 5.41 Å². The number of amides is 1. The van der Waals surface area contributed by atoms with Crippen molar-refractivity contribution < 1.29 is 31.5 Å². The molecule has 12 heteroatoms. The molecule has 1 saturated carbocycles. The molecule has 6 rings (SSSR count). The zero-order valence-corrected chi connectivity index (χ0v) is 24.4. The molecule has 2 aromatic carbocycles. The summed E-state index contributed by atoms with van der Waals surface area (Å²) in [6.45, 7) is 3.03. The molecule has 2 aliphatic heterocycles. The maximum absolute atomic E-state index is 13.8. The van der Waals surface area contributed by atoms with Gasteiger partial charge in [0.25, 0.3) is 11.8 Å². The number of halogens is 2. The van der Waals surface area contributed by atoms with Gasteiger partial charge >= 0.3 is 0 Å². The molecule has 3 aliphatic rings. The van der Waals surface area contributed by atoms with Crippen LogP contribution < -0.4 is 19.8 Å². The molecule has 3 fully saturated rings. The Bertz CT molecular complexity index is 1580. The molecule has 0 bridgehead atoms. The fourth-order valence-corrected chi connectivity index (χ4v) is 7.27. The fourth-order valence-electron chi connectivity index (χ4n) is 6.01. The fraction of sp³-hybridized carbons (Fsp3) is 0.500. The van der Waals surface area contributed by atoms with E-state index in [1.807, 2.05) is 4.90 Å². The summed E-state index contributed by atoms with van der Waals surface area (Å²) in [5.74, 6) is -3.11. The molecule has 1 aliphatic carbocycles. The molecule has 3 heterocycles. The Morgan fingerprint density at radius 1 is 0.976 bits per heavy atom. The highest BCUT2D eigenvalue weighted by Crippen LogP contribution is 2.54. The van der Waals surface area contributed by atoms with Crippen LogP contribution in [0.5, 0.6) is 0 Å². The number of nitrogens with zero attached hydrogens (tertiary/aromatic N) is 2. The van der Waals surface area contributed by atoms with Crippen LogP contribution in [-0.4, -0.2) is 64.2 Å². The third-order valence-corrected chi connectivity index (χ3v) is 10.5. The van der Waals surface area contributed by atoms with Crippen molar-refractivity contribution >= 4 is 44.0 Å². The summed E-state index contributed by atoms with van der Waals surface area (Å²) in [4.78, 5) is 17.7. The van der Waals surface area contributed by atoms with Gasteiger partial charge in [0.15, 0.2) is 5.58 Å². The first-order valence-electron chi connectivity index (χ1n) is 14.5. The van der Waals surface area contributed by atoms with Gasteiger partial charge in [0.1, 0.15) is 0 Å². The molecule has 2 saturated heterocycles. The first-order valence-corrected chi connectivity index (χ1v) is 15.9. The first-order chi connectivity index (χ1) is 20.0. The average molecular weight is 603 g/mol. The van der Waals surface area contributed by atoms with E-state index in [1.54, 1.807) is 37.3 Å². The number of benzene rings is 2. The van der Waals surface area contributed by atoms with Crippen LogP contribution in [0.3, 0.4) is 0 Å². The number of aliphatic hydroxyl groups excluding tert-OH is 1. The predicted octanol–water partition coefficient (Wildman–Crippen LogP) is 4.96. The number of rotatable bonds is 8. The average Bonchev–Trinajstić information content (AvgIpc) is 3.53. The van der Waals surface area contributed by atoms with Gasteiger partial charge in [-0.3, -0.25) is 4.79 Å². The SMILES string of the molecule is C[C@H](CO)NS(=O)(=O)c1ccc(NC(=O)c2cc(N3CCC(F)(F)CC3)c3occc3c2)c(N2CCC3(CC2)CC3)c1. The zero-order chi connectivity index (χ0) is 29.7. The summed E-state index contributed by atoms with van der Waals surface area (Å²) in [6, 6.07) is 9.06. The highest BCUT2D eigenvalue weighted by molar-refractivity contribution is 7.89. The van der Waals surface area contributed by atoms with E-state index in [4.69, 9.17) is 4.42 Å². The largest absolute Gasteiger partial charge is 0.462 e. The Hall–Kier alpha value is -3.22. The van der Waals surface area contributed by atoms with E-state index >= 15 is 0 Å². The molecule has 9 nitrogen and oxygen atoms in total. The quantitative estimate of drug-likeness (QED) is 0.334. The van der Waals surface area contributed by atoms with Gasteiger partial charge in [0.2, 0.25) is 10.0 Å². The monoisotopic (exact) mass is 602 g/mol. The molecule has 1 atom stereocenters. The van der Waals surface area contributed by atoms with Crippen LogP contribution in [-0.2, 0) is 10.0 Å². The van der Waals surface area contributed by atoms with Crippen molar-refractivity contribution in [2.45, 2.75) is 62.3 Å². The molecule has 1 amide bonds. The molecule has 0 unspecified atom stereocenters. The number of carbonyl (C=O) groups excluding carboxylic acids is 1. The zero-order valence-electron chi connectivity index (χ0n) is 23.5. The van der Waals surface area contributed by atoms with E-state index in [2.05, 4.69) is 14.9 Å². The van der Waals surface area contributed by atoms with Crippen molar-refractivity contribution in [3.05, 3.63) is 48.2 Å². The van der Waals surface area contributed by atoms with E-state index in [1.165, 1.54) is 25.2 Å². The minimum atomic E-state index is -3.90. The Balaban J connectivity index is 1.31. The maximum Gasteiger partial charge on any atom is 0.255 e. The van der Waals surface area contributed by atoms with Gasteiger partial charge in [-0.2, -0.15) is 0 Å². The van der Waals surface area contributed by atoms with Gasteiger partial charge in [0.05, 0.1) is 34.8 Å². The van der Waals surface area contributed by atoms with Gasteiger partial charge in [0, 0.05) is 56.0 Å². The second kappa shape index (κ2) is 10.8. The van der Waals surface area contributed by atoms with Crippen molar-refractivity contribution in [1.82, 2.24) is 4.72 Å². The Labute approximate surface area is 243 Å². The molecular formula is C30H36F2N4O5S. The van der Waals surface area contributed by atoms with E-state index in [9.17, 15) is 27.1 Å². The highest BCUT2D eigenvalue weighted by atomic mass is 32.2. The predicted molar refractivity (Wildman–Crippen MR) is 157 cm³/mol. The van der Waals surface area contributed by atoms with Crippen LogP contribution in [0.2, 0.25) is 0 Å². The van der Waals surface area contributed by atoms with Gasteiger partial charge in [-0.05, 0) is 74.4 Å². The van der Waals surface area contributed by atoms with E-state index in [0.717, 1.165) is 25.9 Å². The topological polar surface area (TPSA) is 115 Å². The maximum atomic E-state index is 13.8. The van der Waals surface area contributed by atoms with E-state index in [0.29, 0.717) is 39.0 Å². The van der Waals surface area contributed by atoms with Crippen LogP contribution in [0.1, 0.15) is 55.8 Å². The Morgan fingerprint density at radius 2 is 1.64 bits per heavy atom. The minimum absolute atomic E-state index is 0.0477. The second-order valence-electron chi connectivity index (χ2n) is 12.0. The summed E-state index contributed by atoms with van der Waals surface area (Å²) in [6.07, 6.45) is 5.42. The van der Waals surface area contributed by atoms with Crippen molar-refractivity contribution in [2.24, 2.45) is 5.41 Å². The molecule has 3 aromatic rings. The van der Waals surface area contributed by atoms with Gasteiger partial charge in [-0.15, -0.1) is 0 Å². The molecule has 42 heavy (non-hydrogen) atoms. The van der Waals surface area contributed by atoms with Crippen molar-refractivity contribution in [2.75, 3.05) is 47.9 Å². The number of sulfonamides is 1. The van der Waals surface area contributed by atoms with Crippen molar-refractivity contribution in [3.63, 3.8) is 0 Å². The molecule has 1 spiro atoms. The van der Waals surface area contributed by atoms with Crippen molar-refractivity contribution in [3.8, 4) is 0 Å². The van der Waals surface area contributed by atoms with Gasteiger partial charge in [-0.1, -0.05) is 0 Å². The number of alkyl halides is 2. The molecule has 1 aromatic heterocycles. The number of anilines is 3. The number of fused-ring (bicyclic) bond motifs is 1. The van der Waals surface area contributed by atoms with E-state index in [-0.39, 0.29) is 37.4 Å². The Morgan fingerprint density at radius 3 is 2.31 bits per heavy atom. The van der Waals surface area contributed by atoms with Crippen LogP contribution in [0.15, 0.2) is 52.0 Å². The van der Waals surface area contributed by atoms with Gasteiger partial charge in [-0.25, -0.2) is 21.9 Å². The number of hydrogen-bond acceptors (Lipinski definition) is 7. The first kappa shape index (κ1) is 28.9. The minimum Gasteiger partial charge on any atom is -0.462 e. The second-order valence-corrected chi connectivity index (χ2v) is 13.7. The lowest BCUT2D eigenvalue weighted by atomic mass is 9.93. The molecule has 3 N–H and O–H groups in total. The number of nitrogens with one attached hydrogen (secondary N) is 2. The number of aliphatic hydroxyl groups is 1. The third kappa shape index (κ3) is 5.84. The number of furan rings is 1. The highest BCUT2D eigenvalue weighted by Gasteiger charge is 2.44. The lowest BCUT2D eigenvalue weighted by Crippen LogP contribution is -2.39. The summed E-state index contributed by atoms with van der Waals surface area (Å²) in [5.41, 5.74) is 2.96. The summed E-state index contributed by atoms with van der Waals surface area (Å²) in [7, 11) is -3.90. The van der Waals surface area contributed by atoms with Gasteiger partial charge < -0.3 is 24.6 Å². The Kier molecular flexibility index (Phi) is 7.43. The molecule has 226 valence electrons. The summed E-state index contributed by atoms with van der Waals surface area (Å²) >= 11 is 0. The van der Waals surface area contributed by atoms with Crippen LogP contribution in [0.25, 0.3) is 11.0 Å². The lowest BCUT2D eigenvalue weighted by Gasteiger charge is -2.35. The number of hydrogen-bond donors (Lipinski definition) is 3. The lowest BCUT2D eigenvalue weighted by molar-refractivity contribution is -0.0220. The normalized spacial score (nSPS) is 20.6. The number of piperidine rings is 2. The standard InChI is InChI=1S/C30H36F2N4O5S/c1-20(19-37)34-42(39,40)23-2-3-24(25(18-23)35-11-7-29(5-6-29)8-12-35)33-28(38)22-16-21-4-15-41-27(21)26(17-22)36-13-9-30(31,32)10-14-36/h2-4,15-18,20,34,37H,5-14,19H2,1H3,(H,33,38)/t20-/m1/s1. The van der Waals surface area contributed by atoms with Crippen LogP contribution in [0.4, 0.5) is 25.8 Å². The van der Waals surface area contributed by atoms with E-state index < -0.39 is 27.9 Å². The van der Waals surface area contributed by atoms with Crippen molar-refractivity contribution in [1.29, 1.82) is 0 Å². The van der Waals surface area contributed by atoms with Crippen LogP contribution >= 0.6 is 0 Å². The summed E-state index contributed by atoms with van der Waals surface area (Å²) in [5, 5.41) is 13.0. The summed E-state index contributed by atoms with van der Waals surface area (Å²) < 4.78 is 61.9. The number of carbonyl (C=O) groups is 1. The third-order valence-electron chi connectivity index (χ3n) is 8.91. The smallest absolute Gasteiger partial charge is 0.255 e.